The molecule has 4 heteroatoms. The molecule has 0 bridgehead atoms. The Bertz CT molecular complexity index is 253. The van der Waals surface area contributed by atoms with Crippen LogP contribution in [0.4, 0.5) is 0 Å². The summed E-state index contributed by atoms with van der Waals surface area (Å²) in [5.74, 6) is 1.59. The summed E-state index contributed by atoms with van der Waals surface area (Å²) >= 11 is 0. The lowest BCUT2D eigenvalue weighted by Crippen LogP contribution is -2.47. The van der Waals surface area contributed by atoms with E-state index >= 15 is 0 Å². The maximum absolute atomic E-state index is 11.2. The smallest absolute Gasteiger partial charge is 0.240 e. The van der Waals surface area contributed by atoms with Crippen LogP contribution < -0.4 is 11.1 Å². The molecule has 0 aliphatic heterocycles. The first kappa shape index (κ1) is 12.5. The molecule has 0 aliphatic carbocycles. The van der Waals surface area contributed by atoms with Gasteiger partial charge in [0.15, 0.2) is 0 Å². The summed E-state index contributed by atoms with van der Waals surface area (Å²) in [5.41, 5.74) is 5.12. The van der Waals surface area contributed by atoms with Gasteiger partial charge in [0.2, 0.25) is 11.8 Å². The standard InChI is InChI=1S/C10H16N2O2/c1-4-5-6-8(13)12-9(7(2)3)10(11)14/h1,7,9H,5-6H2,2-3H3,(H2,11,14)(H,12,13)/t9-/m0/s1. The maximum Gasteiger partial charge on any atom is 0.240 e. The summed E-state index contributed by atoms with van der Waals surface area (Å²) in [4.78, 5) is 22.1. The van der Waals surface area contributed by atoms with Gasteiger partial charge < -0.3 is 11.1 Å². The van der Waals surface area contributed by atoms with E-state index in [0.29, 0.717) is 6.42 Å². The molecule has 0 aliphatic rings. The van der Waals surface area contributed by atoms with Crippen molar-refractivity contribution in [2.75, 3.05) is 0 Å². The van der Waals surface area contributed by atoms with Crippen molar-refractivity contribution in [1.29, 1.82) is 0 Å². The van der Waals surface area contributed by atoms with Gasteiger partial charge in [0.25, 0.3) is 0 Å². The van der Waals surface area contributed by atoms with Gasteiger partial charge >= 0.3 is 0 Å². The Labute approximate surface area is 84.2 Å². The van der Waals surface area contributed by atoms with Gasteiger partial charge in [0.05, 0.1) is 0 Å². The molecule has 0 unspecified atom stereocenters. The molecule has 0 aromatic heterocycles. The highest BCUT2D eigenvalue weighted by Crippen LogP contribution is 2.01. The first-order valence-corrected chi connectivity index (χ1v) is 4.51. The number of amides is 2. The second kappa shape index (κ2) is 6.03. The van der Waals surface area contributed by atoms with Crippen LogP contribution in [0.2, 0.25) is 0 Å². The highest BCUT2D eigenvalue weighted by atomic mass is 16.2. The number of primary amides is 1. The topological polar surface area (TPSA) is 72.2 Å². The lowest BCUT2D eigenvalue weighted by molar-refractivity contribution is -0.128. The van der Waals surface area contributed by atoms with Crippen LogP contribution in [0.3, 0.4) is 0 Å². The van der Waals surface area contributed by atoms with Crippen molar-refractivity contribution in [3.8, 4) is 12.3 Å². The van der Waals surface area contributed by atoms with E-state index in [9.17, 15) is 9.59 Å². The zero-order chi connectivity index (χ0) is 11.1. The molecule has 3 N–H and O–H groups in total. The largest absolute Gasteiger partial charge is 0.368 e. The summed E-state index contributed by atoms with van der Waals surface area (Å²) in [6.07, 6.45) is 5.61. The maximum atomic E-state index is 11.2. The zero-order valence-electron chi connectivity index (χ0n) is 8.54. The van der Waals surface area contributed by atoms with Gasteiger partial charge in [-0.3, -0.25) is 9.59 Å². The Morgan fingerprint density at radius 2 is 2.07 bits per heavy atom. The number of terminal acetylenes is 1. The average molecular weight is 196 g/mol. The molecule has 0 heterocycles. The molecule has 0 rings (SSSR count). The molecule has 2 amide bonds. The van der Waals surface area contributed by atoms with E-state index in [4.69, 9.17) is 12.2 Å². The first-order valence-electron chi connectivity index (χ1n) is 4.51. The Morgan fingerprint density at radius 1 is 1.50 bits per heavy atom. The molecule has 0 radical (unpaired) electrons. The summed E-state index contributed by atoms with van der Waals surface area (Å²) in [7, 11) is 0. The van der Waals surface area contributed by atoms with Gasteiger partial charge in [-0.2, -0.15) is 0 Å². The summed E-state index contributed by atoms with van der Waals surface area (Å²) < 4.78 is 0. The van der Waals surface area contributed by atoms with Crippen LogP contribution in [-0.2, 0) is 9.59 Å². The van der Waals surface area contributed by atoms with E-state index in [0.717, 1.165) is 0 Å². The fraction of sp³-hybridized carbons (Fsp3) is 0.600. The Morgan fingerprint density at radius 3 is 2.43 bits per heavy atom. The molecule has 0 spiro atoms. The highest BCUT2D eigenvalue weighted by molar-refractivity contribution is 5.86. The van der Waals surface area contributed by atoms with Crippen molar-refractivity contribution < 1.29 is 9.59 Å². The Balaban J connectivity index is 4.12. The lowest BCUT2D eigenvalue weighted by atomic mass is 10.0. The van der Waals surface area contributed by atoms with Gasteiger partial charge in [0, 0.05) is 12.8 Å². The predicted octanol–water partition coefficient (Wildman–Crippen LogP) is 0.0259. The van der Waals surface area contributed by atoms with Crippen LogP contribution >= 0.6 is 0 Å². The van der Waals surface area contributed by atoms with Gasteiger partial charge in [-0.15, -0.1) is 12.3 Å². The van der Waals surface area contributed by atoms with Gasteiger partial charge in [-0.05, 0) is 5.92 Å². The van der Waals surface area contributed by atoms with Crippen LogP contribution in [0, 0.1) is 18.3 Å². The SMILES string of the molecule is C#CCCC(=O)N[C@H](C(N)=O)C(C)C. The van der Waals surface area contributed by atoms with Crippen molar-refractivity contribution in [2.45, 2.75) is 32.7 Å². The van der Waals surface area contributed by atoms with Gasteiger partial charge in [-0.1, -0.05) is 13.8 Å². The minimum absolute atomic E-state index is 0.0118. The summed E-state index contributed by atoms with van der Waals surface area (Å²) in [6, 6.07) is -0.611. The van der Waals surface area contributed by atoms with E-state index in [1.54, 1.807) is 0 Å². The monoisotopic (exact) mass is 196 g/mol. The fourth-order valence-electron chi connectivity index (χ4n) is 0.998. The van der Waals surface area contributed by atoms with Crippen molar-refractivity contribution >= 4 is 11.8 Å². The quantitative estimate of drug-likeness (QED) is 0.609. The number of nitrogens with two attached hydrogens (primary N) is 1. The molecule has 0 saturated heterocycles. The number of hydrogen-bond donors (Lipinski definition) is 2. The molecule has 78 valence electrons. The van der Waals surface area contributed by atoms with E-state index in [-0.39, 0.29) is 18.2 Å². The van der Waals surface area contributed by atoms with Crippen molar-refractivity contribution in [2.24, 2.45) is 11.7 Å². The third kappa shape index (κ3) is 4.51. The molecular weight excluding hydrogens is 180 g/mol. The van der Waals surface area contributed by atoms with E-state index in [1.165, 1.54) is 0 Å². The Kier molecular flexibility index (Phi) is 5.38. The van der Waals surface area contributed by atoms with Crippen LogP contribution in [0.1, 0.15) is 26.7 Å². The van der Waals surface area contributed by atoms with Crippen molar-refractivity contribution in [1.82, 2.24) is 5.32 Å². The van der Waals surface area contributed by atoms with Crippen molar-refractivity contribution in [3.05, 3.63) is 0 Å². The lowest BCUT2D eigenvalue weighted by Gasteiger charge is -2.18. The van der Waals surface area contributed by atoms with Gasteiger partial charge in [0.1, 0.15) is 6.04 Å². The number of rotatable bonds is 5. The van der Waals surface area contributed by atoms with Crippen LogP contribution in [0.15, 0.2) is 0 Å². The molecule has 0 saturated carbocycles. The van der Waals surface area contributed by atoms with Crippen LogP contribution in [-0.4, -0.2) is 17.9 Å². The third-order valence-corrected chi connectivity index (χ3v) is 1.79. The van der Waals surface area contributed by atoms with E-state index in [2.05, 4.69) is 11.2 Å². The second-order valence-corrected chi connectivity index (χ2v) is 3.40. The fourth-order valence-corrected chi connectivity index (χ4v) is 0.998. The number of nitrogens with one attached hydrogen (secondary N) is 1. The summed E-state index contributed by atoms with van der Waals surface area (Å²) in [5, 5.41) is 2.54. The zero-order valence-corrected chi connectivity index (χ0v) is 8.54. The van der Waals surface area contributed by atoms with E-state index < -0.39 is 11.9 Å². The van der Waals surface area contributed by atoms with Crippen LogP contribution in [0.25, 0.3) is 0 Å². The minimum Gasteiger partial charge on any atom is -0.368 e. The predicted molar refractivity (Wildman–Crippen MR) is 54.0 cm³/mol. The molecule has 1 atom stereocenters. The highest BCUT2D eigenvalue weighted by Gasteiger charge is 2.20. The molecule has 0 fully saturated rings. The Hall–Kier alpha value is -1.50. The van der Waals surface area contributed by atoms with Crippen LogP contribution in [0.5, 0.6) is 0 Å². The molecule has 0 aromatic rings. The molecule has 0 aromatic carbocycles. The molecular formula is C10H16N2O2. The summed E-state index contributed by atoms with van der Waals surface area (Å²) in [6.45, 7) is 3.63. The number of hydrogen-bond acceptors (Lipinski definition) is 2. The van der Waals surface area contributed by atoms with Crippen molar-refractivity contribution in [3.63, 3.8) is 0 Å². The third-order valence-electron chi connectivity index (χ3n) is 1.79. The van der Waals surface area contributed by atoms with Gasteiger partial charge in [-0.25, -0.2) is 0 Å². The molecule has 4 nitrogen and oxygen atoms in total. The second-order valence-electron chi connectivity index (χ2n) is 3.40. The number of carbonyl (C=O) groups excluding carboxylic acids is 2. The van der Waals surface area contributed by atoms with E-state index in [1.807, 2.05) is 13.8 Å². The molecule has 14 heavy (non-hydrogen) atoms. The number of carbonyl (C=O) groups is 2. The minimum atomic E-state index is -0.611. The average Bonchev–Trinajstić information content (AvgIpc) is 2.09. The first-order chi connectivity index (χ1) is 6.49. The normalized spacial score (nSPS) is 11.9.